The summed E-state index contributed by atoms with van der Waals surface area (Å²) in [4.78, 5) is 17.5. The molecule has 0 bridgehead atoms. The number of nitrogens with zero attached hydrogens (tertiary/aromatic N) is 4. The lowest BCUT2D eigenvalue weighted by atomic mass is 9.95. The molecule has 2 heterocycles. The highest BCUT2D eigenvalue weighted by atomic mass is 19.4. The van der Waals surface area contributed by atoms with Crippen LogP contribution in [-0.2, 0) is 24.6 Å². The van der Waals surface area contributed by atoms with Crippen LogP contribution in [0.4, 0.5) is 13.2 Å². The van der Waals surface area contributed by atoms with Gasteiger partial charge in [-0.05, 0) is 25.7 Å². The van der Waals surface area contributed by atoms with Gasteiger partial charge in [0.15, 0.2) is 11.7 Å². The van der Waals surface area contributed by atoms with Crippen molar-refractivity contribution in [1.82, 2.24) is 20.0 Å². The van der Waals surface area contributed by atoms with E-state index in [1.165, 1.54) is 13.2 Å². The second-order valence-electron chi connectivity index (χ2n) is 6.47. The molecule has 1 atom stereocenters. The van der Waals surface area contributed by atoms with Gasteiger partial charge in [-0.3, -0.25) is 9.48 Å². The van der Waals surface area contributed by atoms with Gasteiger partial charge in [-0.2, -0.15) is 18.3 Å². The number of carbonyl (C=O) groups excluding carboxylic acids is 1. The third-order valence-corrected chi connectivity index (χ3v) is 4.22. The van der Waals surface area contributed by atoms with Gasteiger partial charge in [0, 0.05) is 44.9 Å². The number of aliphatic imine (C=N–C) groups is 1. The third kappa shape index (κ3) is 5.37. The fraction of sp³-hybridized carbons (Fsp3) is 0.688. The van der Waals surface area contributed by atoms with E-state index in [1.807, 2.05) is 11.8 Å². The van der Waals surface area contributed by atoms with E-state index in [0.717, 1.165) is 24.1 Å². The van der Waals surface area contributed by atoms with Crippen molar-refractivity contribution in [2.75, 3.05) is 19.6 Å². The van der Waals surface area contributed by atoms with Gasteiger partial charge in [0.25, 0.3) is 0 Å². The summed E-state index contributed by atoms with van der Waals surface area (Å²) in [6.45, 7) is 3.71. The minimum Gasteiger partial charge on any atom is -0.370 e. The molecule has 1 fully saturated rings. The number of guanidine groups is 1. The molecule has 0 spiro atoms. The lowest BCUT2D eigenvalue weighted by Gasteiger charge is -2.34. The molecule has 1 saturated heterocycles. The van der Waals surface area contributed by atoms with E-state index in [-0.39, 0.29) is 23.9 Å². The number of likely N-dealkylation sites (tertiary alicyclic amines) is 1. The Balaban J connectivity index is 2.15. The number of alkyl halides is 3. The average Bonchev–Trinajstić information content (AvgIpc) is 2.92. The van der Waals surface area contributed by atoms with Crippen molar-refractivity contribution in [3.05, 3.63) is 17.5 Å². The second kappa shape index (κ2) is 8.41. The van der Waals surface area contributed by atoms with Crippen molar-refractivity contribution >= 4 is 11.9 Å². The van der Waals surface area contributed by atoms with Crippen molar-refractivity contribution in [3.63, 3.8) is 0 Å². The van der Waals surface area contributed by atoms with Gasteiger partial charge in [-0.15, -0.1) is 0 Å². The number of hydrogen-bond donors (Lipinski definition) is 2. The maximum Gasteiger partial charge on any atom is 0.435 e. The van der Waals surface area contributed by atoms with Gasteiger partial charge < -0.3 is 16.0 Å². The molecule has 1 unspecified atom stereocenters. The molecule has 26 heavy (non-hydrogen) atoms. The number of hydrogen-bond acceptors (Lipinski definition) is 3. The van der Waals surface area contributed by atoms with E-state index in [9.17, 15) is 18.0 Å². The molecule has 1 aliphatic heterocycles. The quantitative estimate of drug-likeness (QED) is 0.604. The molecule has 2 rings (SSSR count). The van der Waals surface area contributed by atoms with E-state index in [0.29, 0.717) is 25.5 Å². The highest BCUT2D eigenvalue weighted by Gasteiger charge is 2.36. The Morgan fingerprint density at radius 1 is 1.50 bits per heavy atom. The number of carbonyl (C=O) groups is 1. The molecule has 7 nitrogen and oxygen atoms in total. The molecule has 0 radical (unpaired) electrons. The number of halogens is 3. The molecule has 3 N–H and O–H groups in total. The van der Waals surface area contributed by atoms with Crippen LogP contribution >= 0.6 is 0 Å². The van der Waals surface area contributed by atoms with Crippen LogP contribution in [0.15, 0.2) is 11.2 Å². The first kappa shape index (κ1) is 20.1. The predicted octanol–water partition coefficient (Wildman–Crippen LogP) is 1.49. The van der Waals surface area contributed by atoms with E-state index in [4.69, 9.17) is 5.73 Å². The van der Waals surface area contributed by atoms with E-state index in [2.05, 4.69) is 15.4 Å². The van der Waals surface area contributed by atoms with Gasteiger partial charge in [-0.25, -0.2) is 4.99 Å². The Morgan fingerprint density at radius 3 is 2.85 bits per heavy atom. The molecule has 1 aromatic rings. The number of rotatable bonds is 5. The van der Waals surface area contributed by atoms with Crippen LogP contribution in [0, 0.1) is 5.92 Å². The molecule has 1 amide bonds. The summed E-state index contributed by atoms with van der Waals surface area (Å²) < 4.78 is 40.3. The van der Waals surface area contributed by atoms with Crippen LogP contribution in [0.5, 0.6) is 0 Å². The number of piperidine rings is 1. The third-order valence-electron chi connectivity index (χ3n) is 4.22. The van der Waals surface area contributed by atoms with Crippen LogP contribution in [-0.4, -0.2) is 46.2 Å². The molecule has 0 saturated carbocycles. The zero-order valence-corrected chi connectivity index (χ0v) is 15.0. The molecule has 10 heteroatoms. The monoisotopic (exact) mass is 374 g/mol. The Bertz CT molecular complexity index is 655. The number of aryl methyl sites for hydroxylation is 1. The molecular weight excluding hydrogens is 349 g/mol. The van der Waals surface area contributed by atoms with Crippen LogP contribution in [0.2, 0.25) is 0 Å². The SMILES string of the molecule is CCNC(=NCc1cn(C)nc1C(F)(F)F)N1CCCC(CC(N)=O)C1. The molecule has 1 aromatic heterocycles. The van der Waals surface area contributed by atoms with Crippen molar-refractivity contribution in [1.29, 1.82) is 0 Å². The fourth-order valence-corrected chi connectivity index (χ4v) is 3.19. The first-order valence-corrected chi connectivity index (χ1v) is 8.62. The fourth-order valence-electron chi connectivity index (χ4n) is 3.19. The molecular formula is C16H25F3N6O. The first-order valence-electron chi connectivity index (χ1n) is 8.62. The number of primary amides is 1. The van der Waals surface area contributed by atoms with E-state index < -0.39 is 11.9 Å². The smallest absolute Gasteiger partial charge is 0.370 e. The van der Waals surface area contributed by atoms with Gasteiger partial charge in [0.1, 0.15) is 0 Å². The number of nitrogens with one attached hydrogen (secondary N) is 1. The largest absolute Gasteiger partial charge is 0.435 e. The number of amides is 1. The summed E-state index contributed by atoms with van der Waals surface area (Å²) in [5.41, 5.74) is 4.40. The maximum atomic E-state index is 13.1. The summed E-state index contributed by atoms with van der Waals surface area (Å²) in [5.74, 6) is 0.330. The highest BCUT2D eigenvalue weighted by molar-refractivity contribution is 5.80. The van der Waals surface area contributed by atoms with E-state index in [1.54, 1.807) is 0 Å². The average molecular weight is 374 g/mol. The number of nitrogens with two attached hydrogens (primary N) is 1. The van der Waals surface area contributed by atoms with Crippen molar-refractivity contribution in [2.24, 2.45) is 23.7 Å². The minimum absolute atomic E-state index is 0.0288. The molecule has 0 aliphatic carbocycles. The van der Waals surface area contributed by atoms with Gasteiger partial charge in [-0.1, -0.05) is 0 Å². The normalized spacial score (nSPS) is 18.9. The lowest BCUT2D eigenvalue weighted by Crippen LogP contribution is -2.47. The van der Waals surface area contributed by atoms with Crippen molar-refractivity contribution in [3.8, 4) is 0 Å². The molecule has 0 aromatic carbocycles. The summed E-state index contributed by atoms with van der Waals surface area (Å²) >= 11 is 0. The predicted molar refractivity (Wildman–Crippen MR) is 91.1 cm³/mol. The summed E-state index contributed by atoms with van der Waals surface area (Å²) in [7, 11) is 1.45. The zero-order chi connectivity index (χ0) is 19.3. The van der Waals surface area contributed by atoms with Crippen molar-refractivity contribution in [2.45, 2.75) is 38.9 Å². The standard InChI is InChI=1S/C16H25F3N6O/c1-3-21-15(25-6-4-5-11(9-25)7-13(20)26)22-8-12-10-24(2)23-14(12)16(17,18)19/h10-11H,3-9H2,1-2H3,(H2,20,26)(H,21,22). The highest BCUT2D eigenvalue weighted by Crippen LogP contribution is 2.31. The van der Waals surface area contributed by atoms with Crippen LogP contribution < -0.4 is 11.1 Å². The van der Waals surface area contributed by atoms with Crippen LogP contribution in [0.3, 0.4) is 0 Å². The summed E-state index contributed by atoms with van der Waals surface area (Å²) in [6, 6.07) is 0. The Kier molecular flexibility index (Phi) is 6.49. The van der Waals surface area contributed by atoms with Gasteiger partial charge >= 0.3 is 6.18 Å². The zero-order valence-electron chi connectivity index (χ0n) is 15.0. The summed E-state index contributed by atoms with van der Waals surface area (Å²) in [6.07, 6.45) is -1.09. The minimum atomic E-state index is -4.51. The molecule has 146 valence electrons. The lowest BCUT2D eigenvalue weighted by molar-refractivity contribution is -0.142. The summed E-state index contributed by atoms with van der Waals surface area (Å²) in [5, 5.41) is 6.61. The van der Waals surface area contributed by atoms with Crippen LogP contribution in [0.25, 0.3) is 0 Å². The Morgan fingerprint density at radius 2 is 2.23 bits per heavy atom. The second-order valence-corrected chi connectivity index (χ2v) is 6.47. The van der Waals surface area contributed by atoms with Gasteiger partial charge in [0.05, 0.1) is 6.54 Å². The molecule has 1 aliphatic rings. The van der Waals surface area contributed by atoms with Crippen molar-refractivity contribution < 1.29 is 18.0 Å². The maximum absolute atomic E-state index is 13.1. The first-order chi connectivity index (χ1) is 12.2. The Labute approximate surface area is 150 Å². The van der Waals surface area contributed by atoms with E-state index >= 15 is 0 Å². The van der Waals surface area contributed by atoms with Crippen LogP contribution in [0.1, 0.15) is 37.4 Å². The topological polar surface area (TPSA) is 88.5 Å². The van der Waals surface area contributed by atoms with Gasteiger partial charge in [0.2, 0.25) is 5.91 Å². The Hall–Kier alpha value is -2.26. The number of aromatic nitrogens is 2.